The van der Waals surface area contributed by atoms with Gasteiger partial charge in [-0.15, -0.1) is 0 Å². The number of aromatic amines is 1. The van der Waals surface area contributed by atoms with Crippen molar-refractivity contribution >= 4 is 11.6 Å². The zero-order valence-corrected chi connectivity index (χ0v) is 13.8. The van der Waals surface area contributed by atoms with Gasteiger partial charge in [-0.25, -0.2) is 9.50 Å². The van der Waals surface area contributed by atoms with Crippen LogP contribution in [0.3, 0.4) is 0 Å². The maximum absolute atomic E-state index is 13.0. The molecule has 4 heterocycles. The van der Waals surface area contributed by atoms with Gasteiger partial charge in [0.15, 0.2) is 5.65 Å². The second-order valence-electron chi connectivity index (χ2n) is 6.98. The number of nitrogens with one attached hydrogen (secondary N) is 1. The Morgan fingerprint density at radius 2 is 2.00 bits per heavy atom. The minimum Gasteiger partial charge on any atom is -0.335 e. The summed E-state index contributed by atoms with van der Waals surface area (Å²) in [5.74, 6) is 0.0915. The van der Waals surface area contributed by atoms with Crippen LogP contribution in [0.1, 0.15) is 23.2 Å². The average molecular weight is 316 g/mol. The van der Waals surface area contributed by atoms with Crippen LogP contribution >= 0.6 is 0 Å². The smallest absolute Gasteiger partial charge is 0.259 e. The van der Waals surface area contributed by atoms with Crippen LogP contribution in [0, 0.1) is 0 Å². The lowest BCUT2D eigenvalue weighted by Gasteiger charge is -2.52. The molecule has 0 aromatic carbocycles. The highest BCUT2D eigenvalue weighted by Crippen LogP contribution is 2.32. The van der Waals surface area contributed by atoms with E-state index in [0.29, 0.717) is 11.2 Å². The normalized spacial score (nSPS) is 23.0. The number of piperidine rings is 1. The number of fused-ring (bicyclic) bond motifs is 1. The van der Waals surface area contributed by atoms with Crippen molar-refractivity contribution in [2.24, 2.45) is 0 Å². The molecular weight excluding hydrogens is 292 g/mol. The summed E-state index contributed by atoms with van der Waals surface area (Å²) in [7, 11) is 4.38. The number of imidazole rings is 1. The molecule has 2 saturated heterocycles. The Labute approximate surface area is 135 Å². The van der Waals surface area contributed by atoms with Crippen molar-refractivity contribution in [1.82, 2.24) is 29.3 Å². The molecule has 1 spiro atoms. The first-order valence-corrected chi connectivity index (χ1v) is 8.29. The number of amides is 1. The summed E-state index contributed by atoms with van der Waals surface area (Å²) in [5, 5.41) is 3.06. The van der Waals surface area contributed by atoms with E-state index in [0.717, 1.165) is 45.6 Å². The lowest BCUT2D eigenvalue weighted by Crippen LogP contribution is -2.64. The maximum atomic E-state index is 13.0. The van der Waals surface area contributed by atoms with Crippen LogP contribution in [0.5, 0.6) is 0 Å². The monoisotopic (exact) mass is 316 g/mol. The van der Waals surface area contributed by atoms with Gasteiger partial charge >= 0.3 is 0 Å². The molecule has 7 nitrogen and oxygen atoms in total. The van der Waals surface area contributed by atoms with Crippen molar-refractivity contribution in [1.29, 1.82) is 0 Å². The van der Waals surface area contributed by atoms with E-state index in [1.807, 2.05) is 11.1 Å². The molecule has 2 fully saturated rings. The number of likely N-dealkylation sites (N-methyl/N-ethyl adjacent to an activating group) is 1. The van der Waals surface area contributed by atoms with E-state index in [9.17, 15) is 4.79 Å². The van der Waals surface area contributed by atoms with Gasteiger partial charge in [0.25, 0.3) is 5.91 Å². The number of hydrogen-bond donors (Lipinski definition) is 1. The van der Waals surface area contributed by atoms with Gasteiger partial charge in [-0.1, -0.05) is 0 Å². The van der Waals surface area contributed by atoms with Crippen molar-refractivity contribution in [2.45, 2.75) is 18.4 Å². The van der Waals surface area contributed by atoms with Crippen LogP contribution in [-0.4, -0.2) is 87.6 Å². The molecular formula is C16H24N6O. The molecule has 2 aromatic heterocycles. The number of rotatable bonds is 1. The molecule has 0 radical (unpaired) electrons. The van der Waals surface area contributed by atoms with Crippen LogP contribution in [-0.2, 0) is 0 Å². The molecule has 1 N–H and O–H groups in total. The quantitative estimate of drug-likeness (QED) is 0.833. The highest BCUT2D eigenvalue weighted by atomic mass is 16.2. The Kier molecular flexibility index (Phi) is 3.42. The summed E-state index contributed by atoms with van der Waals surface area (Å²) in [6, 6.07) is 0. The van der Waals surface area contributed by atoms with Gasteiger partial charge in [-0.2, -0.15) is 0 Å². The Morgan fingerprint density at radius 3 is 2.78 bits per heavy atom. The van der Waals surface area contributed by atoms with Crippen molar-refractivity contribution in [3.8, 4) is 0 Å². The molecule has 0 bridgehead atoms. The summed E-state index contributed by atoms with van der Waals surface area (Å²) in [6.07, 6.45) is 7.55. The third kappa shape index (κ3) is 2.35. The van der Waals surface area contributed by atoms with Crippen molar-refractivity contribution in [2.75, 3.05) is 46.8 Å². The number of likely N-dealkylation sites (tertiary alicyclic amines) is 1. The number of hydrogen-bond acceptors (Lipinski definition) is 4. The van der Waals surface area contributed by atoms with E-state index < -0.39 is 0 Å². The highest BCUT2D eigenvalue weighted by Gasteiger charge is 2.43. The number of carbonyl (C=O) groups excluding carboxylic acids is 1. The van der Waals surface area contributed by atoms with E-state index in [1.165, 1.54) is 0 Å². The van der Waals surface area contributed by atoms with Gasteiger partial charge in [0.05, 0.1) is 0 Å². The standard InChI is InChI=1S/C16H24N6O/c1-19-6-3-16(4-7-19)12-21(10-9-20(16)2)15(23)13-11-18-22-8-5-17-14(13)22/h5,8,11,18H,3-4,6-7,9-10,12H2,1-2H3. The Hall–Kier alpha value is -1.86. The molecule has 0 saturated carbocycles. The van der Waals surface area contributed by atoms with Gasteiger partial charge in [0.1, 0.15) is 5.56 Å². The SMILES string of the molecule is CN1CCC2(CC1)CN(C(=O)c1c[nH]n3ccnc13)CCN2C. The summed E-state index contributed by atoms with van der Waals surface area (Å²) >= 11 is 0. The molecule has 124 valence electrons. The van der Waals surface area contributed by atoms with E-state index in [4.69, 9.17) is 0 Å². The molecule has 4 rings (SSSR count). The van der Waals surface area contributed by atoms with E-state index in [2.05, 4.69) is 34.0 Å². The molecule has 2 aliphatic heterocycles. The molecule has 0 atom stereocenters. The van der Waals surface area contributed by atoms with Crippen molar-refractivity contribution in [3.63, 3.8) is 0 Å². The maximum Gasteiger partial charge on any atom is 0.259 e. The zero-order valence-electron chi connectivity index (χ0n) is 13.8. The van der Waals surface area contributed by atoms with Crippen molar-refractivity contribution < 1.29 is 4.79 Å². The van der Waals surface area contributed by atoms with Crippen LogP contribution in [0.15, 0.2) is 18.6 Å². The molecule has 0 aliphatic carbocycles. The summed E-state index contributed by atoms with van der Waals surface area (Å²) < 4.78 is 1.79. The Bertz CT molecular complexity index is 711. The number of carbonyl (C=O) groups is 1. The number of aromatic nitrogens is 3. The largest absolute Gasteiger partial charge is 0.335 e. The fourth-order valence-electron chi connectivity index (χ4n) is 3.94. The minimum absolute atomic E-state index is 0.0915. The summed E-state index contributed by atoms with van der Waals surface area (Å²) in [4.78, 5) is 24.1. The van der Waals surface area contributed by atoms with Gasteiger partial charge in [0.2, 0.25) is 0 Å². The minimum atomic E-state index is 0.0915. The second kappa shape index (κ2) is 5.35. The van der Waals surface area contributed by atoms with Crippen LogP contribution in [0.2, 0.25) is 0 Å². The number of piperazine rings is 1. The predicted molar refractivity (Wildman–Crippen MR) is 87.5 cm³/mol. The van der Waals surface area contributed by atoms with Crippen LogP contribution in [0.4, 0.5) is 0 Å². The van der Waals surface area contributed by atoms with Crippen molar-refractivity contribution in [3.05, 3.63) is 24.2 Å². The molecule has 2 aromatic rings. The predicted octanol–water partition coefficient (Wildman–Crippen LogP) is 0.514. The zero-order chi connectivity index (χ0) is 16.0. The lowest BCUT2D eigenvalue weighted by molar-refractivity contribution is -0.0169. The number of nitrogens with zero attached hydrogens (tertiary/aromatic N) is 5. The van der Waals surface area contributed by atoms with Crippen LogP contribution in [0.25, 0.3) is 5.65 Å². The molecule has 2 aliphatic rings. The topological polar surface area (TPSA) is 59.9 Å². The molecule has 1 amide bonds. The van der Waals surface area contributed by atoms with Gasteiger partial charge < -0.3 is 9.80 Å². The van der Waals surface area contributed by atoms with E-state index in [-0.39, 0.29) is 11.4 Å². The molecule has 23 heavy (non-hydrogen) atoms. The Morgan fingerprint density at radius 1 is 1.22 bits per heavy atom. The van der Waals surface area contributed by atoms with Gasteiger partial charge in [-0.05, 0) is 40.0 Å². The fraction of sp³-hybridized carbons (Fsp3) is 0.625. The number of H-pyrrole nitrogens is 1. The third-order valence-electron chi connectivity index (χ3n) is 5.67. The van der Waals surface area contributed by atoms with Crippen LogP contribution < -0.4 is 0 Å². The summed E-state index contributed by atoms with van der Waals surface area (Å²) in [6.45, 7) is 4.73. The second-order valence-corrected chi connectivity index (χ2v) is 6.98. The van der Waals surface area contributed by atoms with E-state index in [1.54, 1.807) is 16.9 Å². The third-order valence-corrected chi connectivity index (χ3v) is 5.67. The average Bonchev–Trinajstić information content (AvgIpc) is 3.15. The van der Waals surface area contributed by atoms with Gasteiger partial charge in [-0.3, -0.25) is 14.8 Å². The lowest BCUT2D eigenvalue weighted by atomic mass is 9.83. The Balaban J connectivity index is 1.57. The first kappa shape index (κ1) is 14.7. The van der Waals surface area contributed by atoms with E-state index >= 15 is 0 Å². The van der Waals surface area contributed by atoms with Gasteiger partial charge in [0, 0.05) is 43.8 Å². The highest BCUT2D eigenvalue weighted by molar-refractivity contribution is 5.99. The molecule has 0 unspecified atom stereocenters. The molecule has 7 heteroatoms. The fourth-order valence-corrected chi connectivity index (χ4v) is 3.94. The first-order chi connectivity index (χ1) is 11.1. The first-order valence-electron chi connectivity index (χ1n) is 8.29. The summed E-state index contributed by atoms with van der Waals surface area (Å²) in [5.41, 5.74) is 1.51.